The van der Waals surface area contributed by atoms with E-state index in [1.54, 1.807) is 13.0 Å². The van der Waals surface area contributed by atoms with E-state index in [-0.39, 0.29) is 11.9 Å². The summed E-state index contributed by atoms with van der Waals surface area (Å²) in [7, 11) is 2.21. The van der Waals surface area contributed by atoms with E-state index in [4.69, 9.17) is 4.74 Å². The summed E-state index contributed by atoms with van der Waals surface area (Å²) in [5.74, 6) is 0.286. The zero-order valence-corrected chi connectivity index (χ0v) is 10.9. The van der Waals surface area contributed by atoms with Crippen molar-refractivity contribution in [2.75, 3.05) is 7.05 Å². The van der Waals surface area contributed by atoms with Gasteiger partial charge in [-0.2, -0.15) is 0 Å². The van der Waals surface area contributed by atoms with Crippen molar-refractivity contribution < 1.29 is 9.13 Å². The Bertz CT molecular complexity index is 437. The van der Waals surface area contributed by atoms with Gasteiger partial charge < -0.3 is 9.64 Å². The number of ether oxygens (including phenoxy) is 1. The normalized spacial score (nSPS) is 31.6. The number of aryl methyl sites for hydroxylation is 1. The minimum Gasteiger partial charge on any atom is -0.474 e. The molecule has 4 heteroatoms. The summed E-state index contributed by atoms with van der Waals surface area (Å²) in [6, 6.07) is 4.36. The average Bonchev–Trinajstić information content (AvgIpc) is 2.58. The van der Waals surface area contributed by atoms with Crippen LogP contribution in [-0.4, -0.2) is 35.1 Å². The average molecular weight is 250 g/mol. The number of halogens is 1. The fourth-order valence-electron chi connectivity index (χ4n) is 3.22. The van der Waals surface area contributed by atoms with Crippen LogP contribution in [0.3, 0.4) is 0 Å². The molecule has 3 nitrogen and oxygen atoms in total. The second kappa shape index (κ2) is 4.50. The molecule has 2 atom stereocenters. The molecule has 2 aliphatic rings. The van der Waals surface area contributed by atoms with Crippen LogP contribution in [0.15, 0.2) is 12.1 Å². The van der Waals surface area contributed by atoms with Gasteiger partial charge in [0, 0.05) is 18.2 Å². The molecule has 98 valence electrons. The van der Waals surface area contributed by atoms with Crippen molar-refractivity contribution >= 4 is 0 Å². The second-order valence-electron chi connectivity index (χ2n) is 5.48. The van der Waals surface area contributed by atoms with Crippen molar-refractivity contribution in [3.8, 4) is 5.88 Å². The topological polar surface area (TPSA) is 25.4 Å². The lowest BCUT2D eigenvalue weighted by atomic mass is 10.0. The highest BCUT2D eigenvalue weighted by molar-refractivity contribution is 5.17. The Hall–Kier alpha value is -1.16. The molecule has 0 saturated carbocycles. The highest BCUT2D eigenvalue weighted by Crippen LogP contribution is 2.35. The van der Waals surface area contributed by atoms with Crippen LogP contribution < -0.4 is 4.74 Å². The van der Waals surface area contributed by atoms with Crippen LogP contribution >= 0.6 is 0 Å². The SMILES string of the molecule is Cc1nc(OC2CC3CCC(C2)N3C)ccc1F. The van der Waals surface area contributed by atoms with Gasteiger partial charge in [-0.3, -0.25) is 0 Å². The molecule has 1 aromatic heterocycles. The summed E-state index contributed by atoms with van der Waals surface area (Å²) >= 11 is 0. The number of fused-ring (bicyclic) bond motifs is 2. The maximum Gasteiger partial charge on any atom is 0.213 e. The summed E-state index contributed by atoms with van der Waals surface area (Å²) in [5.41, 5.74) is 0.406. The molecule has 0 aromatic carbocycles. The highest BCUT2D eigenvalue weighted by atomic mass is 19.1. The van der Waals surface area contributed by atoms with Crippen LogP contribution in [0, 0.1) is 12.7 Å². The maximum atomic E-state index is 13.1. The van der Waals surface area contributed by atoms with Gasteiger partial charge in [0.2, 0.25) is 5.88 Å². The number of aromatic nitrogens is 1. The van der Waals surface area contributed by atoms with E-state index in [1.165, 1.54) is 18.9 Å². The van der Waals surface area contributed by atoms with E-state index >= 15 is 0 Å². The second-order valence-corrected chi connectivity index (χ2v) is 5.48. The maximum absolute atomic E-state index is 13.1. The quantitative estimate of drug-likeness (QED) is 0.806. The minimum atomic E-state index is -0.272. The third-order valence-corrected chi connectivity index (χ3v) is 4.34. The Morgan fingerprint density at radius 1 is 1.28 bits per heavy atom. The minimum absolute atomic E-state index is 0.232. The molecular formula is C14H19FN2O. The zero-order chi connectivity index (χ0) is 12.7. The molecule has 2 saturated heterocycles. The molecule has 0 aliphatic carbocycles. The van der Waals surface area contributed by atoms with Crippen LogP contribution in [0.2, 0.25) is 0 Å². The fourth-order valence-corrected chi connectivity index (χ4v) is 3.22. The van der Waals surface area contributed by atoms with Gasteiger partial charge in [-0.1, -0.05) is 0 Å². The number of pyridine rings is 1. The molecule has 2 bridgehead atoms. The van der Waals surface area contributed by atoms with E-state index < -0.39 is 0 Å². The molecule has 2 unspecified atom stereocenters. The summed E-state index contributed by atoms with van der Waals surface area (Å²) < 4.78 is 19.1. The molecule has 3 heterocycles. The molecule has 18 heavy (non-hydrogen) atoms. The molecule has 2 aliphatic heterocycles. The molecular weight excluding hydrogens is 231 g/mol. The summed E-state index contributed by atoms with van der Waals surface area (Å²) in [5, 5.41) is 0. The summed E-state index contributed by atoms with van der Waals surface area (Å²) in [6.07, 6.45) is 4.90. The van der Waals surface area contributed by atoms with Gasteiger partial charge in [0.1, 0.15) is 11.9 Å². The van der Waals surface area contributed by atoms with Gasteiger partial charge in [0.05, 0.1) is 5.69 Å². The first-order chi connectivity index (χ1) is 8.63. The van der Waals surface area contributed by atoms with Crippen LogP contribution in [0.4, 0.5) is 4.39 Å². The predicted octanol–water partition coefficient (Wildman–Crippen LogP) is 2.53. The molecule has 0 spiro atoms. The lowest BCUT2D eigenvalue weighted by Crippen LogP contribution is -2.43. The fraction of sp³-hybridized carbons (Fsp3) is 0.643. The lowest BCUT2D eigenvalue weighted by Gasteiger charge is -2.36. The van der Waals surface area contributed by atoms with Crippen molar-refractivity contribution in [3.05, 3.63) is 23.6 Å². The van der Waals surface area contributed by atoms with Gasteiger partial charge >= 0.3 is 0 Å². The van der Waals surface area contributed by atoms with E-state index in [9.17, 15) is 4.39 Å². The monoisotopic (exact) mass is 250 g/mol. The summed E-state index contributed by atoms with van der Waals surface area (Å²) in [6.45, 7) is 1.67. The van der Waals surface area contributed by atoms with Gasteiger partial charge in [0.15, 0.2) is 0 Å². The Labute approximate surface area is 107 Å². The molecule has 0 radical (unpaired) electrons. The standard InChI is InChI=1S/C14H19FN2O/c1-9-13(15)5-6-14(16-9)18-12-7-10-3-4-11(8-12)17(10)2/h5-6,10-12H,3-4,7-8H2,1-2H3. The first-order valence-corrected chi connectivity index (χ1v) is 6.65. The molecule has 0 amide bonds. The Balaban J connectivity index is 1.68. The van der Waals surface area contributed by atoms with Crippen molar-refractivity contribution in [1.82, 2.24) is 9.88 Å². The van der Waals surface area contributed by atoms with Crippen molar-refractivity contribution in [1.29, 1.82) is 0 Å². The zero-order valence-electron chi connectivity index (χ0n) is 10.9. The smallest absolute Gasteiger partial charge is 0.213 e. The van der Waals surface area contributed by atoms with Gasteiger partial charge in [-0.05, 0) is 45.7 Å². The van der Waals surface area contributed by atoms with E-state index in [2.05, 4.69) is 16.9 Å². The van der Waals surface area contributed by atoms with Crippen molar-refractivity contribution in [2.45, 2.75) is 50.8 Å². The van der Waals surface area contributed by atoms with Crippen LogP contribution in [0.1, 0.15) is 31.4 Å². The molecule has 1 aromatic rings. The van der Waals surface area contributed by atoms with Gasteiger partial charge in [-0.25, -0.2) is 9.37 Å². The number of hydrogen-bond donors (Lipinski definition) is 0. The molecule has 3 rings (SSSR count). The predicted molar refractivity (Wildman–Crippen MR) is 67.2 cm³/mol. The third-order valence-electron chi connectivity index (χ3n) is 4.34. The number of piperidine rings is 1. The molecule has 0 N–H and O–H groups in total. The highest BCUT2D eigenvalue weighted by Gasteiger charge is 2.39. The Morgan fingerprint density at radius 3 is 2.56 bits per heavy atom. The first kappa shape index (κ1) is 11.9. The summed E-state index contributed by atoms with van der Waals surface area (Å²) in [4.78, 5) is 6.62. The Kier molecular flexibility index (Phi) is 2.98. The number of hydrogen-bond acceptors (Lipinski definition) is 3. The van der Waals surface area contributed by atoms with Crippen LogP contribution in [0.5, 0.6) is 5.88 Å². The third kappa shape index (κ3) is 2.09. The van der Waals surface area contributed by atoms with Crippen molar-refractivity contribution in [2.24, 2.45) is 0 Å². The van der Waals surface area contributed by atoms with Gasteiger partial charge in [0.25, 0.3) is 0 Å². The molecule has 2 fully saturated rings. The van der Waals surface area contributed by atoms with Gasteiger partial charge in [-0.15, -0.1) is 0 Å². The van der Waals surface area contributed by atoms with Crippen LogP contribution in [0.25, 0.3) is 0 Å². The number of nitrogens with zero attached hydrogens (tertiary/aromatic N) is 2. The van der Waals surface area contributed by atoms with Crippen molar-refractivity contribution in [3.63, 3.8) is 0 Å². The van der Waals surface area contributed by atoms with E-state index in [0.717, 1.165) is 12.8 Å². The van der Waals surface area contributed by atoms with Crippen LogP contribution in [-0.2, 0) is 0 Å². The largest absolute Gasteiger partial charge is 0.474 e. The Morgan fingerprint density at radius 2 is 1.94 bits per heavy atom. The van der Waals surface area contributed by atoms with E-state index in [0.29, 0.717) is 23.7 Å². The first-order valence-electron chi connectivity index (χ1n) is 6.65. The lowest BCUT2D eigenvalue weighted by molar-refractivity contribution is 0.0631. The number of rotatable bonds is 2. The van der Waals surface area contributed by atoms with E-state index in [1.807, 2.05) is 0 Å².